The van der Waals surface area contributed by atoms with Crippen molar-refractivity contribution < 1.29 is 19.0 Å². The molecule has 0 unspecified atom stereocenters. The maximum absolute atomic E-state index is 13.1. The molecule has 1 atom stereocenters. The van der Waals surface area contributed by atoms with Crippen molar-refractivity contribution in [2.24, 2.45) is 5.92 Å². The third kappa shape index (κ3) is 5.62. The van der Waals surface area contributed by atoms with Crippen LogP contribution in [-0.4, -0.2) is 56.8 Å². The van der Waals surface area contributed by atoms with E-state index in [0.29, 0.717) is 31.1 Å². The minimum absolute atomic E-state index is 0.0995. The molecule has 172 valence electrons. The molecule has 1 aliphatic rings. The minimum atomic E-state index is -0.306. The molecule has 1 amide bonds. The van der Waals surface area contributed by atoms with Crippen molar-refractivity contribution in [1.29, 1.82) is 0 Å². The van der Waals surface area contributed by atoms with E-state index in [2.05, 4.69) is 15.2 Å². The van der Waals surface area contributed by atoms with E-state index < -0.39 is 0 Å². The fourth-order valence-corrected chi connectivity index (χ4v) is 3.71. The Kier molecular flexibility index (Phi) is 7.10. The number of nitrogens with zero attached hydrogens (tertiary/aromatic N) is 2. The number of carbonyl (C=O) groups is 1. The Morgan fingerprint density at radius 2 is 1.94 bits per heavy atom. The van der Waals surface area contributed by atoms with E-state index in [-0.39, 0.29) is 11.8 Å². The van der Waals surface area contributed by atoms with Crippen LogP contribution in [0, 0.1) is 5.92 Å². The van der Waals surface area contributed by atoms with E-state index in [1.165, 1.54) is 0 Å². The van der Waals surface area contributed by atoms with E-state index in [0.717, 1.165) is 34.7 Å². The van der Waals surface area contributed by atoms with Crippen molar-refractivity contribution in [3.8, 4) is 28.4 Å². The lowest BCUT2D eigenvalue weighted by Gasteiger charge is -2.25. The third-order valence-corrected chi connectivity index (χ3v) is 5.59. The number of pyridine rings is 1. The van der Waals surface area contributed by atoms with E-state index in [9.17, 15) is 4.79 Å². The number of amides is 1. The van der Waals surface area contributed by atoms with E-state index >= 15 is 0 Å². The second kappa shape index (κ2) is 10.4. The van der Waals surface area contributed by atoms with E-state index in [4.69, 9.17) is 14.2 Å². The number of hydrogen-bond donors (Lipinski definition) is 1. The topological polar surface area (TPSA) is 72.9 Å². The van der Waals surface area contributed by atoms with Gasteiger partial charge in [-0.3, -0.25) is 9.78 Å². The molecule has 0 saturated carbocycles. The molecule has 1 aromatic heterocycles. The molecule has 1 aliphatic heterocycles. The van der Waals surface area contributed by atoms with Gasteiger partial charge in [-0.25, -0.2) is 0 Å². The first-order chi connectivity index (χ1) is 16.0. The number of rotatable bonds is 8. The molecule has 7 heteroatoms. The van der Waals surface area contributed by atoms with Gasteiger partial charge >= 0.3 is 0 Å². The highest BCUT2D eigenvalue weighted by molar-refractivity contribution is 5.95. The van der Waals surface area contributed by atoms with Gasteiger partial charge in [0, 0.05) is 18.9 Å². The first-order valence-corrected chi connectivity index (χ1v) is 11.0. The first-order valence-electron chi connectivity index (χ1n) is 11.0. The second-order valence-corrected chi connectivity index (χ2v) is 8.27. The van der Waals surface area contributed by atoms with E-state index in [1.54, 1.807) is 19.5 Å². The standard InChI is InChI=1S/C26H29N3O4/c1-29(2)12-13-32-25-16-19(18-8-10-27-11-9-18)4-6-23(25)28-26(30)21-14-20-15-22(31-3)5-7-24(20)33-17-21/h4-11,15-16,21H,12-14,17H2,1-3H3,(H,28,30)/t21-/m0/s1. The number of ether oxygens (including phenoxy) is 3. The summed E-state index contributed by atoms with van der Waals surface area (Å²) in [6, 6.07) is 15.4. The van der Waals surface area contributed by atoms with Crippen LogP contribution in [0.15, 0.2) is 60.9 Å². The van der Waals surface area contributed by atoms with Gasteiger partial charge in [-0.15, -0.1) is 0 Å². The average Bonchev–Trinajstić information content (AvgIpc) is 2.84. The van der Waals surface area contributed by atoms with Gasteiger partial charge < -0.3 is 24.4 Å². The van der Waals surface area contributed by atoms with Crippen molar-refractivity contribution >= 4 is 11.6 Å². The quantitative estimate of drug-likeness (QED) is 0.565. The van der Waals surface area contributed by atoms with Gasteiger partial charge in [0.05, 0.1) is 18.7 Å². The maximum atomic E-state index is 13.1. The van der Waals surface area contributed by atoms with Gasteiger partial charge in [0.25, 0.3) is 0 Å². The molecule has 33 heavy (non-hydrogen) atoms. The summed E-state index contributed by atoms with van der Waals surface area (Å²) in [6.45, 7) is 1.61. The van der Waals surface area contributed by atoms with Gasteiger partial charge in [-0.2, -0.15) is 0 Å². The Bertz CT molecular complexity index is 1100. The zero-order valence-electron chi connectivity index (χ0n) is 19.2. The van der Waals surface area contributed by atoms with Crippen LogP contribution in [0.4, 0.5) is 5.69 Å². The van der Waals surface area contributed by atoms with Crippen molar-refractivity contribution in [3.63, 3.8) is 0 Å². The normalized spacial score (nSPS) is 14.8. The number of nitrogens with one attached hydrogen (secondary N) is 1. The summed E-state index contributed by atoms with van der Waals surface area (Å²) in [5, 5.41) is 3.06. The molecule has 4 rings (SSSR count). The average molecular weight is 448 g/mol. The lowest BCUT2D eigenvalue weighted by Crippen LogP contribution is -2.32. The predicted molar refractivity (Wildman–Crippen MR) is 128 cm³/mol. The summed E-state index contributed by atoms with van der Waals surface area (Å²) in [5.74, 6) is 1.78. The second-order valence-electron chi connectivity index (χ2n) is 8.27. The van der Waals surface area contributed by atoms with Crippen LogP contribution in [0.1, 0.15) is 5.56 Å². The SMILES string of the molecule is COc1ccc2c(c1)C[C@H](C(=O)Nc1ccc(-c3ccncc3)cc1OCCN(C)C)CO2. The molecule has 7 nitrogen and oxygen atoms in total. The summed E-state index contributed by atoms with van der Waals surface area (Å²) in [6.07, 6.45) is 4.10. The van der Waals surface area contributed by atoms with Crippen LogP contribution < -0.4 is 19.5 Å². The Labute approximate surface area is 194 Å². The monoisotopic (exact) mass is 447 g/mol. The highest BCUT2D eigenvalue weighted by Gasteiger charge is 2.27. The number of anilines is 1. The van der Waals surface area contributed by atoms with Crippen LogP contribution in [0.5, 0.6) is 17.2 Å². The number of fused-ring (bicyclic) bond motifs is 1. The van der Waals surface area contributed by atoms with Gasteiger partial charge in [0.15, 0.2) is 0 Å². The molecule has 0 saturated heterocycles. The molecule has 0 spiro atoms. The molecular formula is C26H29N3O4. The zero-order chi connectivity index (χ0) is 23.2. The minimum Gasteiger partial charge on any atom is -0.497 e. The molecule has 2 aromatic carbocycles. The summed E-state index contributed by atoms with van der Waals surface area (Å²) in [7, 11) is 5.62. The fraction of sp³-hybridized carbons (Fsp3) is 0.308. The zero-order valence-corrected chi connectivity index (χ0v) is 19.2. The summed E-state index contributed by atoms with van der Waals surface area (Å²) in [4.78, 5) is 19.3. The Hall–Kier alpha value is -3.58. The highest BCUT2D eigenvalue weighted by Crippen LogP contribution is 2.34. The number of aromatic nitrogens is 1. The molecule has 0 fully saturated rings. The van der Waals surface area contributed by atoms with Crippen LogP contribution in [-0.2, 0) is 11.2 Å². The predicted octanol–water partition coefficient (Wildman–Crippen LogP) is 3.89. The summed E-state index contributed by atoms with van der Waals surface area (Å²) in [5.41, 5.74) is 3.65. The summed E-state index contributed by atoms with van der Waals surface area (Å²) < 4.78 is 17.2. The van der Waals surface area contributed by atoms with Crippen LogP contribution >= 0.6 is 0 Å². The molecule has 2 heterocycles. The van der Waals surface area contributed by atoms with Crippen LogP contribution in [0.3, 0.4) is 0 Å². The third-order valence-electron chi connectivity index (χ3n) is 5.59. The maximum Gasteiger partial charge on any atom is 0.231 e. The summed E-state index contributed by atoms with van der Waals surface area (Å²) >= 11 is 0. The largest absolute Gasteiger partial charge is 0.497 e. The highest BCUT2D eigenvalue weighted by atomic mass is 16.5. The van der Waals surface area contributed by atoms with E-state index in [1.807, 2.05) is 62.6 Å². The van der Waals surface area contributed by atoms with Gasteiger partial charge in [-0.1, -0.05) is 6.07 Å². The molecule has 0 aliphatic carbocycles. The fourth-order valence-electron chi connectivity index (χ4n) is 3.71. The molecule has 0 radical (unpaired) electrons. The molecular weight excluding hydrogens is 418 g/mol. The van der Waals surface area contributed by atoms with Crippen molar-refractivity contribution in [2.75, 3.05) is 46.3 Å². The number of benzene rings is 2. The molecule has 0 bridgehead atoms. The molecule has 1 N–H and O–H groups in total. The number of carbonyl (C=O) groups excluding carboxylic acids is 1. The van der Waals surface area contributed by atoms with Crippen molar-refractivity contribution in [3.05, 3.63) is 66.5 Å². The van der Waals surface area contributed by atoms with Gasteiger partial charge in [-0.05, 0) is 79.7 Å². The van der Waals surface area contributed by atoms with Crippen LogP contribution in [0.2, 0.25) is 0 Å². The lowest BCUT2D eigenvalue weighted by molar-refractivity contribution is -0.121. The Morgan fingerprint density at radius 1 is 1.12 bits per heavy atom. The van der Waals surface area contributed by atoms with Gasteiger partial charge in [0.1, 0.15) is 30.5 Å². The van der Waals surface area contributed by atoms with Crippen LogP contribution in [0.25, 0.3) is 11.1 Å². The first kappa shape index (κ1) is 22.6. The number of hydrogen-bond acceptors (Lipinski definition) is 6. The lowest BCUT2D eigenvalue weighted by atomic mass is 9.95. The smallest absolute Gasteiger partial charge is 0.231 e. The Morgan fingerprint density at radius 3 is 2.70 bits per heavy atom. The van der Waals surface area contributed by atoms with Crippen molar-refractivity contribution in [2.45, 2.75) is 6.42 Å². The van der Waals surface area contributed by atoms with Crippen molar-refractivity contribution in [1.82, 2.24) is 9.88 Å². The Balaban J connectivity index is 1.52. The number of methoxy groups -OCH3 is 1. The number of likely N-dealkylation sites (N-methyl/N-ethyl adjacent to an activating group) is 1. The molecule has 3 aromatic rings. The van der Waals surface area contributed by atoms with Gasteiger partial charge in [0.2, 0.25) is 5.91 Å².